The number of carbonyl (C=O) groups is 1. The molecule has 4 nitrogen and oxygen atoms in total. The third-order valence-corrected chi connectivity index (χ3v) is 3.69. The molecule has 0 amide bonds. The number of rotatable bonds is 5. The smallest absolute Gasteiger partial charge is 0.309 e. The van der Waals surface area contributed by atoms with Crippen LogP contribution >= 0.6 is 0 Å². The fourth-order valence-electron chi connectivity index (χ4n) is 2.63. The number of methoxy groups -OCH3 is 1. The summed E-state index contributed by atoms with van der Waals surface area (Å²) in [5, 5.41) is 0. The molecule has 20 heavy (non-hydrogen) atoms. The molecule has 1 N–H and O–H groups in total. The molecule has 2 rings (SSSR count). The summed E-state index contributed by atoms with van der Waals surface area (Å²) in [4.78, 5) is 16.7. The predicted octanol–water partition coefficient (Wildman–Crippen LogP) is 2.61. The minimum atomic E-state index is -0.140. The van der Waals surface area contributed by atoms with Crippen LogP contribution in [-0.2, 0) is 20.8 Å². The fourth-order valence-corrected chi connectivity index (χ4v) is 2.63. The molecule has 0 saturated heterocycles. The number of benzene rings is 1. The Balaban J connectivity index is 2.13. The molecule has 1 aliphatic rings. The number of hydrogen-bond donors (Lipinski definition) is 1. The maximum atomic E-state index is 11.7. The van der Waals surface area contributed by atoms with Crippen LogP contribution < -0.4 is 5.48 Å². The third-order valence-electron chi connectivity index (χ3n) is 3.69. The second-order valence-corrected chi connectivity index (χ2v) is 5.01. The van der Waals surface area contributed by atoms with E-state index in [1.54, 1.807) is 7.11 Å². The van der Waals surface area contributed by atoms with Crippen LogP contribution in [0.15, 0.2) is 41.6 Å². The van der Waals surface area contributed by atoms with Crippen molar-refractivity contribution in [1.29, 1.82) is 0 Å². The van der Waals surface area contributed by atoms with Gasteiger partial charge in [0.1, 0.15) is 0 Å². The van der Waals surface area contributed by atoms with Crippen molar-refractivity contribution in [2.75, 3.05) is 14.2 Å². The third kappa shape index (κ3) is 3.61. The van der Waals surface area contributed by atoms with Crippen molar-refractivity contribution in [1.82, 2.24) is 5.48 Å². The number of nitrogens with one attached hydrogen (secondary N) is 1. The van der Waals surface area contributed by atoms with E-state index in [0.29, 0.717) is 6.42 Å². The Labute approximate surface area is 119 Å². The lowest BCUT2D eigenvalue weighted by atomic mass is 9.85. The van der Waals surface area contributed by atoms with E-state index in [2.05, 4.69) is 17.6 Å². The summed E-state index contributed by atoms with van der Waals surface area (Å²) < 4.78 is 4.84. The number of hydroxylamine groups is 1. The number of ether oxygens (including phenoxy) is 1. The first-order valence-corrected chi connectivity index (χ1v) is 6.86. The summed E-state index contributed by atoms with van der Waals surface area (Å²) in [5.41, 5.74) is 6.52. The van der Waals surface area contributed by atoms with Crippen LogP contribution in [0.25, 0.3) is 0 Å². The van der Waals surface area contributed by atoms with Gasteiger partial charge < -0.3 is 4.74 Å². The molecular weight excluding hydrogens is 254 g/mol. The lowest BCUT2D eigenvalue weighted by Gasteiger charge is -2.26. The standard InChI is InChI=1S/C16H21NO3/c1-19-16(18)14-9-8-13(15(11-14)17-20-2)10-12-6-4-3-5-7-12/h3-7,14,17H,8-11H2,1-2H3/t14-/m1/s1. The number of hydrogen-bond acceptors (Lipinski definition) is 4. The molecule has 1 aromatic rings. The van der Waals surface area contributed by atoms with Gasteiger partial charge in [0.2, 0.25) is 0 Å². The molecule has 0 radical (unpaired) electrons. The Bertz CT molecular complexity index is 482. The normalized spacial score (nSPS) is 18.8. The number of carbonyl (C=O) groups excluding carboxylic acids is 1. The van der Waals surface area contributed by atoms with Crippen molar-refractivity contribution in [3.8, 4) is 0 Å². The lowest BCUT2D eigenvalue weighted by molar-refractivity contribution is -0.145. The Morgan fingerprint density at radius 3 is 2.70 bits per heavy atom. The summed E-state index contributed by atoms with van der Waals surface area (Å²) in [5.74, 6) is -0.212. The second-order valence-electron chi connectivity index (χ2n) is 5.01. The van der Waals surface area contributed by atoms with E-state index in [-0.39, 0.29) is 11.9 Å². The van der Waals surface area contributed by atoms with Crippen LogP contribution in [0.1, 0.15) is 24.8 Å². The van der Waals surface area contributed by atoms with Crippen molar-refractivity contribution in [2.45, 2.75) is 25.7 Å². The average Bonchev–Trinajstić information content (AvgIpc) is 2.49. The van der Waals surface area contributed by atoms with E-state index in [4.69, 9.17) is 9.57 Å². The highest BCUT2D eigenvalue weighted by atomic mass is 16.6. The molecule has 1 aromatic carbocycles. The Kier molecular flexibility index (Phi) is 5.18. The SMILES string of the molecule is CONC1=C(Cc2ccccc2)CC[C@@H](C(=O)OC)C1. The lowest BCUT2D eigenvalue weighted by Crippen LogP contribution is -2.27. The summed E-state index contributed by atoms with van der Waals surface area (Å²) in [7, 11) is 3.03. The van der Waals surface area contributed by atoms with Gasteiger partial charge in [-0.25, -0.2) is 0 Å². The molecule has 0 saturated carbocycles. The maximum Gasteiger partial charge on any atom is 0.309 e. The quantitative estimate of drug-likeness (QED) is 0.663. The molecule has 0 fully saturated rings. The van der Waals surface area contributed by atoms with Crippen molar-refractivity contribution >= 4 is 5.97 Å². The molecule has 0 unspecified atom stereocenters. The molecule has 0 aliphatic heterocycles. The Morgan fingerprint density at radius 1 is 1.30 bits per heavy atom. The van der Waals surface area contributed by atoms with E-state index in [1.165, 1.54) is 18.2 Å². The molecule has 4 heteroatoms. The summed E-state index contributed by atoms with van der Waals surface area (Å²) in [6.45, 7) is 0. The molecular formula is C16H21NO3. The first kappa shape index (κ1) is 14.6. The average molecular weight is 275 g/mol. The van der Waals surface area contributed by atoms with Gasteiger partial charge in [-0.15, -0.1) is 0 Å². The van der Waals surface area contributed by atoms with Gasteiger partial charge in [0.25, 0.3) is 0 Å². The highest BCUT2D eigenvalue weighted by Crippen LogP contribution is 2.30. The highest BCUT2D eigenvalue weighted by molar-refractivity contribution is 5.73. The van der Waals surface area contributed by atoms with Gasteiger partial charge >= 0.3 is 5.97 Å². The monoisotopic (exact) mass is 275 g/mol. The number of allylic oxidation sites excluding steroid dienone is 2. The van der Waals surface area contributed by atoms with Gasteiger partial charge in [-0.05, 0) is 30.4 Å². The zero-order chi connectivity index (χ0) is 14.4. The minimum absolute atomic E-state index is 0.0721. The van der Waals surface area contributed by atoms with Crippen LogP contribution in [0, 0.1) is 5.92 Å². The van der Waals surface area contributed by atoms with E-state index < -0.39 is 0 Å². The van der Waals surface area contributed by atoms with Gasteiger partial charge in [-0.1, -0.05) is 30.3 Å². The second kappa shape index (κ2) is 7.10. The van der Waals surface area contributed by atoms with Crippen LogP contribution in [0.5, 0.6) is 0 Å². The highest BCUT2D eigenvalue weighted by Gasteiger charge is 2.27. The summed E-state index contributed by atoms with van der Waals surface area (Å²) in [6.07, 6.45) is 3.27. The zero-order valence-electron chi connectivity index (χ0n) is 12.0. The van der Waals surface area contributed by atoms with Crippen molar-refractivity contribution in [3.63, 3.8) is 0 Å². The molecule has 1 atom stereocenters. The van der Waals surface area contributed by atoms with Crippen LogP contribution in [0.2, 0.25) is 0 Å². The van der Waals surface area contributed by atoms with Gasteiger partial charge in [0.15, 0.2) is 0 Å². The maximum absolute atomic E-state index is 11.7. The Hall–Kier alpha value is -1.81. The fraction of sp³-hybridized carbons (Fsp3) is 0.438. The zero-order valence-corrected chi connectivity index (χ0v) is 12.0. The van der Waals surface area contributed by atoms with Crippen molar-refractivity contribution < 1.29 is 14.4 Å². The van der Waals surface area contributed by atoms with E-state index in [9.17, 15) is 4.79 Å². The van der Waals surface area contributed by atoms with Gasteiger partial charge in [0.05, 0.1) is 20.1 Å². The molecule has 108 valence electrons. The van der Waals surface area contributed by atoms with Crippen molar-refractivity contribution in [3.05, 3.63) is 47.2 Å². The van der Waals surface area contributed by atoms with Crippen LogP contribution in [0.4, 0.5) is 0 Å². The van der Waals surface area contributed by atoms with Crippen molar-refractivity contribution in [2.24, 2.45) is 5.92 Å². The van der Waals surface area contributed by atoms with Crippen LogP contribution in [-0.4, -0.2) is 20.2 Å². The van der Waals surface area contributed by atoms with E-state index in [0.717, 1.165) is 25.0 Å². The largest absolute Gasteiger partial charge is 0.469 e. The first-order valence-electron chi connectivity index (χ1n) is 6.86. The Morgan fingerprint density at radius 2 is 2.05 bits per heavy atom. The molecule has 0 bridgehead atoms. The topological polar surface area (TPSA) is 47.6 Å². The molecule has 0 spiro atoms. The van der Waals surface area contributed by atoms with Gasteiger partial charge in [-0.2, -0.15) is 0 Å². The first-order chi connectivity index (χ1) is 9.74. The predicted molar refractivity (Wildman–Crippen MR) is 76.7 cm³/mol. The number of esters is 1. The van der Waals surface area contributed by atoms with E-state index in [1.807, 2.05) is 18.2 Å². The van der Waals surface area contributed by atoms with Gasteiger partial charge in [0, 0.05) is 12.1 Å². The summed E-state index contributed by atoms with van der Waals surface area (Å²) in [6, 6.07) is 10.3. The van der Waals surface area contributed by atoms with Gasteiger partial charge in [-0.3, -0.25) is 15.1 Å². The van der Waals surface area contributed by atoms with Crippen LogP contribution in [0.3, 0.4) is 0 Å². The minimum Gasteiger partial charge on any atom is -0.469 e. The summed E-state index contributed by atoms with van der Waals surface area (Å²) >= 11 is 0. The molecule has 0 heterocycles. The molecule has 0 aromatic heterocycles. The molecule has 1 aliphatic carbocycles. The van der Waals surface area contributed by atoms with E-state index >= 15 is 0 Å².